The van der Waals surface area contributed by atoms with Crippen LogP contribution in [0.1, 0.15) is 31.4 Å². The first-order valence-electron chi connectivity index (χ1n) is 7.36. The zero-order valence-electron chi connectivity index (χ0n) is 13.1. The van der Waals surface area contributed by atoms with Gasteiger partial charge in [-0.1, -0.05) is 26.0 Å². The fourth-order valence-corrected chi connectivity index (χ4v) is 3.39. The summed E-state index contributed by atoms with van der Waals surface area (Å²) in [6.07, 6.45) is 1.74. The van der Waals surface area contributed by atoms with E-state index in [2.05, 4.69) is 17.0 Å². The van der Waals surface area contributed by atoms with Crippen molar-refractivity contribution in [2.45, 2.75) is 38.1 Å². The Kier molecular flexibility index (Phi) is 7.88. The predicted octanol–water partition coefficient (Wildman–Crippen LogP) is 1.67. The summed E-state index contributed by atoms with van der Waals surface area (Å²) >= 11 is 0. The van der Waals surface area contributed by atoms with Crippen molar-refractivity contribution in [3.63, 3.8) is 0 Å². The molecule has 0 unspecified atom stereocenters. The first kappa shape index (κ1) is 18.1. The van der Waals surface area contributed by atoms with Crippen LogP contribution in [-0.2, 0) is 27.7 Å². The van der Waals surface area contributed by atoms with Crippen LogP contribution >= 0.6 is 0 Å². The summed E-state index contributed by atoms with van der Waals surface area (Å²) in [5.41, 5.74) is 1.81. The molecule has 0 radical (unpaired) electrons. The molecule has 0 spiro atoms. The summed E-state index contributed by atoms with van der Waals surface area (Å²) < 4.78 is 32.2. The van der Waals surface area contributed by atoms with Crippen LogP contribution < -0.4 is 10.0 Å². The van der Waals surface area contributed by atoms with Gasteiger partial charge in [-0.15, -0.1) is 0 Å². The minimum absolute atomic E-state index is 0.278. The van der Waals surface area contributed by atoms with Gasteiger partial charge >= 0.3 is 0 Å². The molecule has 0 aliphatic heterocycles. The number of sulfonamides is 1. The molecule has 0 amide bonds. The minimum Gasteiger partial charge on any atom is -0.383 e. The number of ether oxygens (including phenoxy) is 1. The Balaban J connectivity index is 2.93. The highest BCUT2D eigenvalue weighted by Gasteiger charge is 2.17. The Morgan fingerprint density at radius 2 is 1.95 bits per heavy atom. The lowest BCUT2D eigenvalue weighted by molar-refractivity contribution is 0.204. The maximum absolute atomic E-state index is 12.4. The van der Waals surface area contributed by atoms with E-state index in [0.717, 1.165) is 24.1 Å². The van der Waals surface area contributed by atoms with Crippen molar-refractivity contribution in [1.82, 2.24) is 10.0 Å². The molecule has 0 heterocycles. The molecule has 0 bridgehead atoms. The average Bonchev–Trinajstić information content (AvgIpc) is 2.47. The first-order valence-corrected chi connectivity index (χ1v) is 8.84. The third-order valence-electron chi connectivity index (χ3n) is 3.16. The summed E-state index contributed by atoms with van der Waals surface area (Å²) in [6.45, 7) is 6.29. The number of aryl methyl sites for hydroxylation is 1. The Bertz CT molecular complexity index is 530. The molecular weight excluding hydrogens is 288 g/mol. The van der Waals surface area contributed by atoms with Crippen LogP contribution in [0.3, 0.4) is 0 Å². The van der Waals surface area contributed by atoms with Crippen molar-refractivity contribution in [3.8, 4) is 0 Å². The third kappa shape index (κ3) is 5.74. The van der Waals surface area contributed by atoms with E-state index in [-0.39, 0.29) is 6.54 Å². The molecule has 5 nitrogen and oxygen atoms in total. The molecule has 1 aromatic carbocycles. The van der Waals surface area contributed by atoms with Crippen molar-refractivity contribution in [2.24, 2.45) is 0 Å². The maximum atomic E-state index is 12.4. The highest BCUT2D eigenvalue weighted by Crippen LogP contribution is 2.18. The normalized spacial score (nSPS) is 11.8. The van der Waals surface area contributed by atoms with Crippen molar-refractivity contribution >= 4 is 10.0 Å². The Labute approximate surface area is 128 Å². The zero-order chi connectivity index (χ0) is 15.7. The summed E-state index contributed by atoms with van der Waals surface area (Å²) in [5, 5.41) is 3.28. The molecule has 1 aromatic rings. The van der Waals surface area contributed by atoms with Gasteiger partial charge in [0.05, 0.1) is 11.5 Å². The Hall–Kier alpha value is -0.950. The summed E-state index contributed by atoms with van der Waals surface area (Å²) in [5.74, 6) is 0. The molecule has 120 valence electrons. The van der Waals surface area contributed by atoms with Crippen molar-refractivity contribution in [1.29, 1.82) is 0 Å². The largest absolute Gasteiger partial charge is 0.383 e. The number of rotatable bonds is 10. The van der Waals surface area contributed by atoms with Gasteiger partial charge in [-0.25, -0.2) is 13.1 Å². The molecule has 1 rings (SSSR count). The number of methoxy groups -OCH3 is 1. The van der Waals surface area contributed by atoms with E-state index >= 15 is 0 Å². The fourth-order valence-electron chi connectivity index (χ4n) is 2.02. The van der Waals surface area contributed by atoms with Crippen molar-refractivity contribution in [2.75, 3.05) is 26.8 Å². The first-order chi connectivity index (χ1) is 10.0. The highest BCUT2D eigenvalue weighted by atomic mass is 32.2. The molecule has 0 aromatic heterocycles. The van der Waals surface area contributed by atoms with Crippen LogP contribution in [0.2, 0.25) is 0 Å². The molecule has 2 N–H and O–H groups in total. The van der Waals surface area contributed by atoms with Crippen LogP contribution in [0.5, 0.6) is 0 Å². The number of hydrogen-bond donors (Lipinski definition) is 2. The van der Waals surface area contributed by atoms with Gasteiger partial charge in [0.2, 0.25) is 10.0 Å². The van der Waals surface area contributed by atoms with Crippen LogP contribution in [0, 0.1) is 0 Å². The second kappa shape index (κ2) is 9.15. The third-order valence-corrected chi connectivity index (χ3v) is 4.70. The Morgan fingerprint density at radius 3 is 2.57 bits per heavy atom. The summed E-state index contributed by atoms with van der Waals surface area (Å²) in [7, 11) is -1.94. The van der Waals surface area contributed by atoms with E-state index in [1.807, 2.05) is 19.1 Å². The lowest BCUT2D eigenvalue weighted by Crippen LogP contribution is -2.28. The van der Waals surface area contributed by atoms with Crippen molar-refractivity contribution in [3.05, 3.63) is 29.3 Å². The molecular formula is C15H26N2O3S. The van der Waals surface area contributed by atoms with Crippen LogP contribution in [0.25, 0.3) is 0 Å². The lowest BCUT2D eigenvalue weighted by Gasteiger charge is -2.13. The fraction of sp³-hybridized carbons (Fsp3) is 0.600. The topological polar surface area (TPSA) is 67.4 Å². The molecule has 6 heteroatoms. The van der Waals surface area contributed by atoms with E-state index in [4.69, 9.17) is 4.74 Å². The van der Waals surface area contributed by atoms with Crippen LogP contribution in [0.15, 0.2) is 23.1 Å². The predicted molar refractivity (Wildman–Crippen MR) is 84.9 cm³/mol. The van der Waals surface area contributed by atoms with Gasteiger partial charge in [-0.3, -0.25) is 0 Å². The molecule has 0 aliphatic rings. The van der Waals surface area contributed by atoms with Gasteiger partial charge in [0.15, 0.2) is 0 Å². The maximum Gasteiger partial charge on any atom is 0.240 e. The minimum atomic E-state index is -3.49. The van der Waals surface area contributed by atoms with Crippen molar-refractivity contribution < 1.29 is 13.2 Å². The molecule has 0 atom stereocenters. The van der Waals surface area contributed by atoms with Gasteiger partial charge in [0.25, 0.3) is 0 Å². The Morgan fingerprint density at radius 1 is 1.19 bits per heavy atom. The summed E-state index contributed by atoms with van der Waals surface area (Å²) in [6, 6.07) is 5.64. The lowest BCUT2D eigenvalue weighted by atomic mass is 10.1. The van der Waals surface area contributed by atoms with Gasteiger partial charge < -0.3 is 10.1 Å². The second-order valence-corrected chi connectivity index (χ2v) is 6.60. The monoisotopic (exact) mass is 314 g/mol. The van der Waals surface area contributed by atoms with Crippen LogP contribution in [-0.4, -0.2) is 35.2 Å². The van der Waals surface area contributed by atoms with E-state index in [9.17, 15) is 8.42 Å². The molecule has 0 saturated heterocycles. The van der Waals surface area contributed by atoms with E-state index < -0.39 is 10.0 Å². The van der Waals surface area contributed by atoms with Gasteiger partial charge in [-0.05, 0) is 36.6 Å². The van der Waals surface area contributed by atoms with E-state index in [1.54, 1.807) is 13.2 Å². The van der Waals surface area contributed by atoms with E-state index in [1.165, 1.54) is 0 Å². The quantitative estimate of drug-likeness (QED) is 0.645. The summed E-state index contributed by atoms with van der Waals surface area (Å²) in [4.78, 5) is 0.372. The molecule has 21 heavy (non-hydrogen) atoms. The van der Waals surface area contributed by atoms with Gasteiger partial charge in [0.1, 0.15) is 0 Å². The second-order valence-electron chi connectivity index (χ2n) is 4.86. The van der Waals surface area contributed by atoms with E-state index in [0.29, 0.717) is 24.5 Å². The zero-order valence-corrected chi connectivity index (χ0v) is 13.9. The van der Waals surface area contributed by atoms with Gasteiger partial charge in [-0.2, -0.15) is 0 Å². The number of nitrogens with one attached hydrogen (secondary N) is 2. The van der Waals surface area contributed by atoms with Gasteiger partial charge in [0, 0.05) is 20.2 Å². The average molecular weight is 314 g/mol. The molecule has 0 aliphatic carbocycles. The standard InChI is InChI=1S/C15H26N2O3S/c1-4-8-16-12-13-6-7-14(5-2)15(11-13)21(18,19)17-9-10-20-3/h6-7,11,16-17H,4-5,8-10,12H2,1-3H3. The SMILES string of the molecule is CCCNCc1ccc(CC)c(S(=O)(=O)NCCOC)c1. The number of benzene rings is 1. The molecule has 0 saturated carbocycles. The molecule has 0 fully saturated rings. The number of hydrogen-bond acceptors (Lipinski definition) is 4. The highest BCUT2D eigenvalue weighted by molar-refractivity contribution is 7.89. The smallest absolute Gasteiger partial charge is 0.240 e. The van der Waals surface area contributed by atoms with Crippen LogP contribution in [0.4, 0.5) is 0 Å².